The van der Waals surface area contributed by atoms with Gasteiger partial charge in [0.1, 0.15) is 17.2 Å². The molecule has 0 spiro atoms. The molecule has 0 saturated carbocycles. The Bertz CT molecular complexity index is 1420. The van der Waals surface area contributed by atoms with Crippen molar-refractivity contribution in [3.8, 4) is 34.1 Å². The highest BCUT2D eigenvalue weighted by molar-refractivity contribution is 5.69. The maximum Gasteiger partial charge on any atom is 0.310 e. The number of para-hydroxylation sites is 4. The third kappa shape index (κ3) is 10.3. The summed E-state index contributed by atoms with van der Waals surface area (Å²) in [4.78, 5) is 9.44. The van der Waals surface area contributed by atoms with Gasteiger partial charge in [-0.1, -0.05) is 91.0 Å². The molecule has 7 heteroatoms. The number of hydrogen-bond acceptors (Lipinski definition) is 6. The van der Waals surface area contributed by atoms with Crippen molar-refractivity contribution in [1.29, 1.82) is 0 Å². The molecule has 0 fully saturated rings. The van der Waals surface area contributed by atoms with Gasteiger partial charge in [0.05, 0.1) is 4.92 Å². The van der Waals surface area contributed by atoms with Gasteiger partial charge < -0.3 is 20.4 Å². The predicted molar refractivity (Wildman–Crippen MR) is 154 cm³/mol. The average Bonchev–Trinajstić information content (AvgIpc) is 2.94. The van der Waals surface area contributed by atoms with Crippen LogP contribution in [0.1, 0.15) is 11.1 Å². The molecule has 0 aromatic heterocycles. The molecule has 0 amide bonds. The van der Waals surface area contributed by atoms with Crippen LogP contribution in [0.5, 0.6) is 23.0 Å². The van der Waals surface area contributed by atoms with Crippen molar-refractivity contribution >= 4 is 5.69 Å². The first-order chi connectivity index (χ1) is 18.7. The van der Waals surface area contributed by atoms with Crippen LogP contribution < -0.4 is 0 Å². The highest BCUT2D eigenvalue weighted by Crippen LogP contribution is 2.27. The third-order valence-corrected chi connectivity index (χ3v) is 5.40. The van der Waals surface area contributed by atoms with Crippen molar-refractivity contribution in [3.63, 3.8) is 0 Å². The Morgan fingerprint density at radius 2 is 1.03 bits per heavy atom. The number of nitro groups is 1. The van der Waals surface area contributed by atoms with Crippen LogP contribution in [0.4, 0.5) is 5.69 Å². The minimum Gasteiger partial charge on any atom is -0.508 e. The van der Waals surface area contributed by atoms with Crippen LogP contribution in [-0.2, 0) is 0 Å². The monoisotopic (exact) mass is 525 g/mol. The molecule has 4 N–H and O–H groups in total. The molecule has 0 heterocycles. The number of nitrogens with zero attached hydrogens (tertiary/aromatic N) is 1. The molecule has 5 aromatic rings. The third-order valence-electron chi connectivity index (χ3n) is 5.40. The number of nitro benzene ring substituents is 1. The van der Waals surface area contributed by atoms with E-state index in [-0.39, 0.29) is 11.4 Å². The van der Waals surface area contributed by atoms with Gasteiger partial charge in [0.15, 0.2) is 5.75 Å². The highest BCUT2D eigenvalue weighted by atomic mass is 16.6. The van der Waals surface area contributed by atoms with Crippen LogP contribution >= 0.6 is 0 Å². The molecule has 5 rings (SSSR count). The molecule has 0 aliphatic rings. The summed E-state index contributed by atoms with van der Waals surface area (Å²) in [7, 11) is 0. The van der Waals surface area contributed by atoms with E-state index in [1.54, 1.807) is 36.4 Å². The predicted octanol–water partition coefficient (Wildman–Crippen LogP) is 7.76. The molecule has 200 valence electrons. The number of phenols is 4. The molecule has 0 radical (unpaired) electrons. The Morgan fingerprint density at radius 3 is 1.46 bits per heavy atom. The van der Waals surface area contributed by atoms with Gasteiger partial charge >= 0.3 is 5.69 Å². The lowest BCUT2D eigenvalue weighted by atomic mass is 10.1. The SMILES string of the molecule is Cc1cccc(O)c1C.O=[N+]([O-])c1ccccc1O.Oc1ccccc1.Oc1ccccc1-c1ccccc1. The maximum atomic E-state index is 10.1. The normalized spacial score (nSPS) is 9.38. The van der Waals surface area contributed by atoms with Crippen molar-refractivity contribution in [2.75, 3.05) is 0 Å². The molecule has 0 aliphatic heterocycles. The molecule has 0 unspecified atom stereocenters. The van der Waals surface area contributed by atoms with Crippen molar-refractivity contribution in [3.05, 3.63) is 149 Å². The first kappa shape index (κ1) is 29.9. The van der Waals surface area contributed by atoms with Crippen LogP contribution in [0.15, 0.2) is 127 Å². The molecule has 39 heavy (non-hydrogen) atoms. The minimum atomic E-state index is -0.630. The zero-order valence-electron chi connectivity index (χ0n) is 21.7. The van der Waals surface area contributed by atoms with Crippen LogP contribution in [0.25, 0.3) is 11.1 Å². The summed E-state index contributed by atoms with van der Waals surface area (Å²) in [6.45, 7) is 3.89. The Kier molecular flexibility index (Phi) is 12.1. The van der Waals surface area contributed by atoms with Gasteiger partial charge in [0.25, 0.3) is 0 Å². The van der Waals surface area contributed by atoms with Crippen molar-refractivity contribution in [2.45, 2.75) is 13.8 Å². The lowest BCUT2D eigenvalue weighted by molar-refractivity contribution is -0.385. The van der Waals surface area contributed by atoms with E-state index < -0.39 is 4.92 Å². The Labute approximate surface area is 227 Å². The molecular formula is C32H31NO6. The average molecular weight is 526 g/mol. The van der Waals surface area contributed by atoms with E-state index in [4.69, 9.17) is 15.3 Å². The summed E-state index contributed by atoms with van der Waals surface area (Å²) in [5.41, 5.74) is 3.76. The zero-order chi connectivity index (χ0) is 28.6. The smallest absolute Gasteiger partial charge is 0.310 e. The second kappa shape index (κ2) is 15.7. The van der Waals surface area contributed by atoms with Gasteiger partial charge in [-0.05, 0) is 60.9 Å². The Hall–Kier alpha value is -5.30. The van der Waals surface area contributed by atoms with Crippen molar-refractivity contribution < 1.29 is 25.3 Å². The fourth-order valence-electron chi connectivity index (χ4n) is 3.12. The fraction of sp³-hybridized carbons (Fsp3) is 0.0625. The second-order valence-corrected chi connectivity index (χ2v) is 8.18. The van der Waals surface area contributed by atoms with E-state index in [1.807, 2.05) is 80.6 Å². The number of rotatable bonds is 2. The number of phenolic OH excluding ortho intramolecular Hbond substituents is 4. The number of aryl methyl sites for hydroxylation is 1. The quantitative estimate of drug-likeness (QED) is 0.138. The highest BCUT2D eigenvalue weighted by Gasteiger charge is 2.09. The maximum absolute atomic E-state index is 10.1. The van der Waals surface area contributed by atoms with E-state index in [0.29, 0.717) is 17.2 Å². The van der Waals surface area contributed by atoms with Gasteiger partial charge in [0, 0.05) is 11.6 Å². The van der Waals surface area contributed by atoms with Gasteiger partial charge in [0.2, 0.25) is 0 Å². The minimum absolute atomic E-state index is 0.262. The Morgan fingerprint density at radius 1 is 0.538 bits per heavy atom. The molecule has 0 saturated heterocycles. The molecule has 0 aliphatic carbocycles. The second-order valence-electron chi connectivity index (χ2n) is 8.18. The van der Waals surface area contributed by atoms with Crippen LogP contribution in [0, 0.1) is 24.0 Å². The summed E-state index contributed by atoms with van der Waals surface area (Å²) in [5, 5.41) is 46.2. The van der Waals surface area contributed by atoms with Crippen LogP contribution in [0.3, 0.4) is 0 Å². The van der Waals surface area contributed by atoms with E-state index in [1.165, 1.54) is 24.3 Å². The molecule has 5 aromatic carbocycles. The summed E-state index contributed by atoms with van der Waals surface area (Å²) in [6, 6.07) is 37.0. The van der Waals surface area contributed by atoms with Gasteiger partial charge in [-0.15, -0.1) is 0 Å². The number of aromatic hydroxyl groups is 4. The lowest BCUT2D eigenvalue weighted by Gasteiger charge is -2.02. The summed E-state index contributed by atoms with van der Waals surface area (Å²) in [6.07, 6.45) is 0. The van der Waals surface area contributed by atoms with Crippen molar-refractivity contribution in [1.82, 2.24) is 0 Å². The molecular weight excluding hydrogens is 494 g/mol. The standard InChI is InChI=1S/C12H10O.C8H10O.C6H5NO3.C6H6O/c13-12-9-5-4-8-11(12)10-6-2-1-3-7-10;1-6-4-3-5-8(9)7(6)2;8-6-4-2-1-3-5(6)7(9)10;7-6-4-2-1-3-5-6/h1-9,13H;3-5,9H,1-2H3;1-4,8H;1-5,7H. The lowest BCUT2D eigenvalue weighted by Crippen LogP contribution is -1.86. The first-order valence-electron chi connectivity index (χ1n) is 12.0. The summed E-state index contributed by atoms with van der Waals surface area (Å²) >= 11 is 0. The largest absolute Gasteiger partial charge is 0.508 e. The molecule has 0 atom stereocenters. The Balaban J connectivity index is 0.000000187. The van der Waals surface area contributed by atoms with E-state index >= 15 is 0 Å². The number of hydrogen-bond donors (Lipinski definition) is 4. The molecule has 0 bridgehead atoms. The first-order valence-corrected chi connectivity index (χ1v) is 12.0. The summed E-state index contributed by atoms with van der Waals surface area (Å²) < 4.78 is 0. The van der Waals surface area contributed by atoms with E-state index in [0.717, 1.165) is 22.3 Å². The fourth-order valence-corrected chi connectivity index (χ4v) is 3.12. The van der Waals surface area contributed by atoms with Gasteiger partial charge in [-0.25, -0.2) is 0 Å². The topological polar surface area (TPSA) is 124 Å². The van der Waals surface area contributed by atoms with E-state index in [2.05, 4.69) is 0 Å². The zero-order valence-corrected chi connectivity index (χ0v) is 21.7. The summed E-state index contributed by atoms with van der Waals surface area (Å²) in [5.74, 6) is 0.735. The van der Waals surface area contributed by atoms with Crippen LogP contribution in [-0.4, -0.2) is 25.3 Å². The molecule has 7 nitrogen and oxygen atoms in total. The van der Waals surface area contributed by atoms with Crippen molar-refractivity contribution in [2.24, 2.45) is 0 Å². The van der Waals surface area contributed by atoms with Crippen LogP contribution in [0.2, 0.25) is 0 Å². The number of benzene rings is 5. The van der Waals surface area contributed by atoms with Gasteiger partial charge in [-0.3, -0.25) is 10.1 Å². The van der Waals surface area contributed by atoms with E-state index in [9.17, 15) is 15.2 Å². The van der Waals surface area contributed by atoms with Gasteiger partial charge in [-0.2, -0.15) is 0 Å².